The molecule has 1 aromatic heterocycles. The summed E-state index contributed by atoms with van der Waals surface area (Å²) in [5.74, 6) is -0.816. The molecule has 0 aromatic carbocycles. The molecule has 0 aliphatic heterocycles. The molecule has 8 heteroatoms. The van der Waals surface area contributed by atoms with E-state index in [4.69, 9.17) is 5.11 Å². The fourth-order valence-electron chi connectivity index (χ4n) is 2.75. The fraction of sp³-hybridized carbons (Fsp3) is 0.600. The third kappa shape index (κ3) is 6.09. The van der Waals surface area contributed by atoms with Gasteiger partial charge in [0.1, 0.15) is 6.54 Å². The molecule has 1 aliphatic rings. The molecular weight excluding hydrogens is 300 g/mol. The first kappa shape index (κ1) is 17.0. The van der Waals surface area contributed by atoms with Crippen LogP contribution in [0.2, 0.25) is 0 Å². The Labute approximate surface area is 134 Å². The van der Waals surface area contributed by atoms with Crippen molar-refractivity contribution < 1.29 is 19.5 Å². The first-order valence-electron chi connectivity index (χ1n) is 7.84. The van der Waals surface area contributed by atoms with E-state index in [9.17, 15) is 14.4 Å². The molecule has 1 heterocycles. The van der Waals surface area contributed by atoms with Crippen molar-refractivity contribution in [3.8, 4) is 0 Å². The van der Waals surface area contributed by atoms with Gasteiger partial charge >= 0.3 is 5.97 Å². The fourth-order valence-corrected chi connectivity index (χ4v) is 2.75. The van der Waals surface area contributed by atoms with E-state index >= 15 is 0 Å². The number of hydrogen-bond acceptors (Lipinski definition) is 4. The van der Waals surface area contributed by atoms with E-state index in [2.05, 4.69) is 15.7 Å². The normalized spacial score (nSPS) is 15.1. The number of carbonyl (C=O) groups excluding carboxylic acids is 2. The maximum Gasteiger partial charge on any atom is 0.325 e. The van der Waals surface area contributed by atoms with Gasteiger partial charge in [0.2, 0.25) is 11.8 Å². The summed E-state index contributed by atoms with van der Waals surface area (Å²) >= 11 is 0. The van der Waals surface area contributed by atoms with E-state index in [1.54, 1.807) is 0 Å². The molecular formula is C15H22N4O4. The number of amides is 2. The summed E-state index contributed by atoms with van der Waals surface area (Å²) in [7, 11) is 0. The van der Waals surface area contributed by atoms with Gasteiger partial charge in [0, 0.05) is 18.7 Å². The second kappa shape index (κ2) is 8.30. The minimum absolute atomic E-state index is 0.108. The number of rotatable bonds is 7. The van der Waals surface area contributed by atoms with Gasteiger partial charge in [0.25, 0.3) is 0 Å². The number of carbonyl (C=O) groups is 3. The Bertz CT molecular complexity index is 564. The summed E-state index contributed by atoms with van der Waals surface area (Å²) in [6.07, 6.45) is 7.71. The van der Waals surface area contributed by atoms with E-state index in [0.29, 0.717) is 12.3 Å². The molecule has 0 bridgehead atoms. The zero-order valence-electron chi connectivity index (χ0n) is 13.0. The van der Waals surface area contributed by atoms with Crippen LogP contribution in [0.4, 0.5) is 5.82 Å². The minimum atomic E-state index is -1.01. The van der Waals surface area contributed by atoms with Crippen molar-refractivity contribution in [3.05, 3.63) is 12.3 Å². The van der Waals surface area contributed by atoms with Crippen molar-refractivity contribution in [2.24, 2.45) is 5.92 Å². The standard InChI is InChI=1S/C15H22N4O4/c20-13(8-11-4-2-1-3-5-11)16-9-14(21)17-12-6-7-19(18-12)10-15(22)23/h6-7,11H,1-5,8-10H2,(H,16,20)(H,22,23)(H,17,18,21). The van der Waals surface area contributed by atoms with Gasteiger partial charge in [-0.25, -0.2) is 0 Å². The third-order valence-corrected chi connectivity index (χ3v) is 3.85. The summed E-state index contributed by atoms with van der Waals surface area (Å²) in [5.41, 5.74) is 0. The lowest BCUT2D eigenvalue weighted by molar-refractivity contribution is -0.137. The third-order valence-electron chi connectivity index (χ3n) is 3.85. The molecule has 2 rings (SSSR count). The van der Waals surface area contributed by atoms with Gasteiger partial charge in [-0.2, -0.15) is 5.10 Å². The highest BCUT2D eigenvalue weighted by atomic mass is 16.4. The van der Waals surface area contributed by atoms with Crippen molar-refractivity contribution in [2.45, 2.75) is 45.1 Å². The van der Waals surface area contributed by atoms with Crippen LogP contribution in [0.1, 0.15) is 38.5 Å². The van der Waals surface area contributed by atoms with Crippen LogP contribution in [0.15, 0.2) is 12.3 Å². The van der Waals surface area contributed by atoms with E-state index < -0.39 is 5.97 Å². The first-order chi connectivity index (χ1) is 11.0. The number of aliphatic carboxylic acids is 1. The largest absolute Gasteiger partial charge is 0.480 e. The number of nitrogens with one attached hydrogen (secondary N) is 2. The van der Waals surface area contributed by atoms with Gasteiger partial charge < -0.3 is 15.7 Å². The molecule has 0 saturated heterocycles. The molecule has 0 atom stereocenters. The van der Waals surface area contributed by atoms with Crippen molar-refractivity contribution >= 4 is 23.6 Å². The summed E-state index contributed by atoms with van der Waals surface area (Å²) in [5, 5.41) is 17.7. The second-order valence-corrected chi connectivity index (χ2v) is 5.83. The van der Waals surface area contributed by atoms with Gasteiger partial charge in [-0.1, -0.05) is 19.3 Å². The Kier molecular flexibility index (Phi) is 6.13. The highest BCUT2D eigenvalue weighted by molar-refractivity contribution is 5.93. The van der Waals surface area contributed by atoms with Crippen molar-refractivity contribution in [1.82, 2.24) is 15.1 Å². The van der Waals surface area contributed by atoms with E-state index in [-0.39, 0.29) is 30.7 Å². The average Bonchev–Trinajstić information content (AvgIpc) is 2.92. The lowest BCUT2D eigenvalue weighted by atomic mass is 9.87. The molecule has 1 aliphatic carbocycles. The number of anilines is 1. The van der Waals surface area contributed by atoms with Crippen molar-refractivity contribution in [2.75, 3.05) is 11.9 Å². The van der Waals surface area contributed by atoms with Gasteiger partial charge in [-0.15, -0.1) is 0 Å². The van der Waals surface area contributed by atoms with Crippen LogP contribution < -0.4 is 10.6 Å². The molecule has 3 N–H and O–H groups in total. The van der Waals surface area contributed by atoms with Crippen LogP contribution >= 0.6 is 0 Å². The SMILES string of the molecule is O=C(O)Cn1ccc(NC(=O)CNC(=O)CC2CCCCC2)n1. The monoisotopic (exact) mass is 322 g/mol. The van der Waals surface area contributed by atoms with Crippen molar-refractivity contribution in [1.29, 1.82) is 0 Å². The number of aromatic nitrogens is 2. The summed E-state index contributed by atoms with van der Waals surface area (Å²) in [6, 6.07) is 1.50. The highest BCUT2D eigenvalue weighted by Gasteiger charge is 2.17. The van der Waals surface area contributed by atoms with Crippen LogP contribution in [-0.2, 0) is 20.9 Å². The Hall–Kier alpha value is -2.38. The molecule has 1 aromatic rings. The zero-order chi connectivity index (χ0) is 16.7. The predicted octanol–water partition coefficient (Wildman–Crippen LogP) is 0.993. The maximum absolute atomic E-state index is 11.8. The minimum Gasteiger partial charge on any atom is -0.480 e. The van der Waals surface area contributed by atoms with Crippen molar-refractivity contribution in [3.63, 3.8) is 0 Å². The summed E-state index contributed by atoms with van der Waals surface area (Å²) in [4.78, 5) is 34.1. The number of hydrogen-bond donors (Lipinski definition) is 3. The summed E-state index contributed by atoms with van der Waals surface area (Å²) in [6.45, 7) is -0.384. The predicted molar refractivity (Wildman–Crippen MR) is 82.7 cm³/mol. The lowest BCUT2D eigenvalue weighted by Crippen LogP contribution is -2.34. The van der Waals surface area contributed by atoms with Gasteiger partial charge in [-0.3, -0.25) is 19.1 Å². The Morgan fingerprint density at radius 2 is 1.96 bits per heavy atom. The molecule has 1 fully saturated rings. The van der Waals surface area contributed by atoms with E-state index in [1.165, 1.54) is 36.2 Å². The van der Waals surface area contributed by atoms with Gasteiger partial charge in [0.15, 0.2) is 5.82 Å². The molecule has 1 saturated carbocycles. The van der Waals surface area contributed by atoms with Crippen LogP contribution in [0.5, 0.6) is 0 Å². The highest BCUT2D eigenvalue weighted by Crippen LogP contribution is 2.25. The molecule has 126 valence electrons. The Morgan fingerprint density at radius 3 is 2.65 bits per heavy atom. The Balaban J connectivity index is 1.68. The maximum atomic E-state index is 11.8. The number of carboxylic acid groups (broad SMARTS) is 1. The van der Waals surface area contributed by atoms with Crippen LogP contribution in [0, 0.1) is 5.92 Å². The average molecular weight is 322 g/mol. The molecule has 0 unspecified atom stereocenters. The molecule has 0 spiro atoms. The number of nitrogens with zero attached hydrogens (tertiary/aromatic N) is 2. The lowest BCUT2D eigenvalue weighted by Gasteiger charge is -2.20. The molecule has 0 radical (unpaired) electrons. The molecule has 2 amide bonds. The van der Waals surface area contributed by atoms with Crippen LogP contribution in [0.25, 0.3) is 0 Å². The molecule has 23 heavy (non-hydrogen) atoms. The smallest absolute Gasteiger partial charge is 0.325 e. The second-order valence-electron chi connectivity index (χ2n) is 5.83. The summed E-state index contributed by atoms with van der Waals surface area (Å²) < 4.78 is 1.21. The number of carboxylic acids is 1. The van der Waals surface area contributed by atoms with Gasteiger partial charge in [0.05, 0.1) is 6.54 Å². The quantitative estimate of drug-likeness (QED) is 0.693. The Morgan fingerprint density at radius 1 is 1.22 bits per heavy atom. The van der Waals surface area contributed by atoms with Crippen LogP contribution in [-0.4, -0.2) is 39.2 Å². The zero-order valence-corrected chi connectivity index (χ0v) is 13.0. The molecule has 8 nitrogen and oxygen atoms in total. The van der Waals surface area contributed by atoms with E-state index in [0.717, 1.165) is 12.8 Å². The van der Waals surface area contributed by atoms with Gasteiger partial charge in [-0.05, 0) is 18.8 Å². The topological polar surface area (TPSA) is 113 Å². The van der Waals surface area contributed by atoms with E-state index in [1.807, 2.05) is 0 Å². The first-order valence-corrected chi connectivity index (χ1v) is 7.84. The van der Waals surface area contributed by atoms with Crippen LogP contribution in [0.3, 0.4) is 0 Å².